The number of nitrogens with zero attached hydrogens (tertiary/aromatic N) is 1. The van der Waals surface area contributed by atoms with Crippen LogP contribution in [0, 0.1) is 0 Å². The number of rotatable bonds is 6. The van der Waals surface area contributed by atoms with Crippen molar-refractivity contribution in [2.24, 2.45) is 5.73 Å². The zero-order valence-corrected chi connectivity index (χ0v) is 15.3. The topological polar surface area (TPSA) is 85.0 Å². The van der Waals surface area contributed by atoms with Crippen LogP contribution >= 0.6 is 0 Å². The second kappa shape index (κ2) is 8.46. The molecule has 0 aliphatic carbocycles. The number of allylic oxidation sites excluding steroid dienone is 2. The number of carboxylic acids is 1. The van der Waals surface area contributed by atoms with E-state index >= 15 is 0 Å². The molecule has 158 valence electrons. The van der Waals surface area contributed by atoms with Gasteiger partial charge in [0.25, 0.3) is 0 Å². The van der Waals surface area contributed by atoms with Gasteiger partial charge in [-0.3, -0.25) is 0 Å². The summed E-state index contributed by atoms with van der Waals surface area (Å²) in [7, 11) is 0. The van der Waals surface area contributed by atoms with E-state index in [-0.39, 0.29) is 23.6 Å². The number of ether oxygens (including phenoxy) is 2. The highest BCUT2D eigenvalue weighted by Gasteiger charge is 2.31. The van der Waals surface area contributed by atoms with Gasteiger partial charge in [0.15, 0.2) is 5.95 Å². The average molecular weight is 424 g/mol. The maximum atomic E-state index is 14.2. The fourth-order valence-electron chi connectivity index (χ4n) is 2.80. The van der Waals surface area contributed by atoms with Crippen LogP contribution in [-0.4, -0.2) is 28.5 Å². The Kier molecular flexibility index (Phi) is 5.97. The molecule has 1 atom stereocenters. The van der Waals surface area contributed by atoms with Crippen molar-refractivity contribution in [2.45, 2.75) is 19.1 Å². The van der Waals surface area contributed by atoms with E-state index in [2.05, 4.69) is 4.74 Å². The highest BCUT2D eigenvalue weighted by Crippen LogP contribution is 2.30. The normalized spacial score (nSPS) is 16.6. The molecule has 0 spiro atoms. The van der Waals surface area contributed by atoms with Crippen molar-refractivity contribution in [1.29, 1.82) is 0 Å². The van der Waals surface area contributed by atoms with Crippen molar-refractivity contribution >= 4 is 5.97 Å². The minimum atomic E-state index is -4.83. The Morgan fingerprint density at radius 3 is 2.37 bits per heavy atom. The van der Waals surface area contributed by atoms with Crippen molar-refractivity contribution in [1.82, 2.24) is 4.90 Å². The van der Waals surface area contributed by atoms with Gasteiger partial charge < -0.3 is 25.2 Å². The number of carboxylic acid groups (broad SMARTS) is 1. The van der Waals surface area contributed by atoms with Gasteiger partial charge >= 0.3 is 12.3 Å². The second-order valence-corrected chi connectivity index (χ2v) is 6.26. The summed E-state index contributed by atoms with van der Waals surface area (Å²) in [6, 6.07) is 11.3. The first kappa shape index (κ1) is 21.2. The molecule has 0 aromatic heterocycles. The van der Waals surface area contributed by atoms with Crippen LogP contribution in [0.25, 0.3) is 0 Å². The number of alkyl halides is 3. The van der Waals surface area contributed by atoms with Crippen molar-refractivity contribution in [2.75, 3.05) is 0 Å². The van der Waals surface area contributed by atoms with Gasteiger partial charge in [-0.05, 0) is 42.0 Å². The molecule has 1 heterocycles. The Morgan fingerprint density at radius 1 is 1.07 bits per heavy atom. The number of benzene rings is 2. The van der Waals surface area contributed by atoms with Crippen molar-refractivity contribution in [3.05, 3.63) is 77.8 Å². The lowest BCUT2D eigenvalue weighted by Crippen LogP contribution is -2.44. The zero-order valence-electron chi connectivity index (χ0n) is 15.3. The van der Waals surface area contributed by atoms with Crippen LogP contribution in [0.5, 0.6) is 17.2 Å². The van der Waals surface area contributed by atoms with E-state index in [0.29, 0.717) is 5.56 Å². The molecule has 30 heavy (non-hydrogen) atoms. The monoisotopic (exact) mass is 424 g/mol. The molecule has 0 radical (unpaired) electrons. The number of aliphatic carboxylic acids is 1. The van der Waals surface area contributed by atoms with E-state index in [9.17, 15) is 22.4 Å². The van der Waals surface area contributed by atoms with Crippen LogP contribution in [0.1, 0.15) is 5.56 Å². The van der Waals surface area contributed by atoms with Crippen LogP contribution in [0.2, 0.25) is 0 Å². The standard InChI is InChI=1S/C20H16F4N2O4/c21-17-8-7-16(19(27)28)18(25)26(17)11-12-3-1-4-13(9-12)29-14-5-2-6-15(10-14)30-20(22,23)24/h1-10,18H,11,25H2,(H,27,28). The molecular formula is C20H16F4N2O4. The molecule has 2 aromatic rings. The van der Waals surface area contributed by atoms with Crippen molar-refractivity contribution in [3.63, 3.8) is 0 Å². The minimum Gasteiger partial charge on any atom is -0.478 e. The molecular weight excluding hydrogens is 408 g/mol. The van der Waals surface area contributed by atoms with Crippen LogP contribution < -0.4 is 15.2 Å². The Balaban J connectivity index is 1.74. The van der Waals surface area contributed by atoms with E-state index in [0.717, 1.165) is 29.2 Å². The number of hydrogen-bond acceptors (Lipinski definition) is 5. The predicted octanol–water partition coefficient (Wildman–Crippen LogP) is 4.30. The number of nitrogens with two attached hydrogens (primary N) is 1. The van der Waals surface area contributed by atoms with E-state index in [4.69, 9.17) is 15.6 Å². The van der Waals surface area contributed by atoms with Crippen LogP contribution in [0.3, 0.4) is 0 Å². The smallest absolute Gasteiger partial charge is 0.478 e. The van der Waals surface area contributed by atoms with E-state index < -0.39 is 30.2 Å². The Morgan fingerprint density at radius 2 is 1.70 bits per heavy atom. The van der Waals surface area contributed by atoms with Gasteiger partial charge in [0.2, 0.25) is 0 Å². The van der Waals surface area contributed by atoms with Crippen molar-refractivity contribution in [3.8, 4) is 17.2 Å². The molecule has 3 rings (SSSR count). The van der Waals surface area contributed by atoms with E-state index in [1.807, 2.05) is 0 Å². The summed E-state index contributed by atoms with van der Waals surface area (Å²) in [6.07, 6.45) is -3.89. The first-order chi connectivity index (χ1) is 14.1. The highest BCUT2D eigenvalue weighted by atomic mass is 19.4. The Labute approximate surface area is 168 Å². The molecule has 0 fully saturated rings. The van der Waals surface area contributed by atoms with Gasteiger partial charge in [-0.15, -0.1) is 13.2 Å². The van der Waals surface area contributed by atoms with Gasteiger partial charge in [0.05, 0.1) is 5.57 Å². The van der Waals surface area contributed by atoms with Gasteiger partial charge in [0.1, 0.15) is 23.4 Å². The first-order valence-corrected chi connectivity index (χ1v) is 8.58. The molecule has 0 bridgehead atoms. The Bertz CT molecular complexity index is 1000. The van der Waals surface area contributed by atoms with Gasteiger partial charge in [-0.2, -0.15) is 4.39 Å². The number of carbonyl (C=O) groups is 1. The molecule has 0 amide bonds. The summed E-state index contributed by atoms with van der Waals surface area (Å²) in [6.45, 7) is -0.0530. The largest absolute Gasteiger partial charge is 0.573 e. The number of hydrogen-bond donors (Lipinski definition) is 2. The molecule has 1 aliphatic heterocycles. The number of halogens is 4. The maximum absolute atomic E-state index is 14.2. The molecule has 6 nitrogen and oxygen atoms in total. The van der Waals surface area contributed by atoms with E-state index in [1.54, 1.807) is 18.2 Å². The summed E-state index contributed by atoms with van der Waals surface area (Å²) >= 11 is 0. The summed E-state index contributed by atoms with van der Waals surface area (Å²) < 4.78 is 60.7. The quantitative estimate of drug-likeness (QED) is 0.531. The first-order valence-electron chi connectivity index (χ1n) is 8.58. The van der Waals surface area contributed by atoms with E-state index in [1.165, 1.54) is 18.2 Å². The van der Waals surface area contributed by atoms with Crippen molar-refractivity contribution < 1.29 is 36.9 Å². The zero-order chi connectivity index (χ0) is 21.9. The second-order valence-electron chi connectivity index (χ2n) is 6.26. The fourth-order valence-corrected chi connectivity index (χ4v) is 2.80. The third-order valence-electron chi connectivity index (χ3n) is 4.10. The fraction of sp³-hybridized carbons (Fsp3) is 0.150. The van der Waals surface area contributed by atoms with Crippen LogP contribution in [-0.2, 0) is 11.3 Å². The molecule has 3 N–H and O–H groups in total. The minimum absolute atomic E-state index is 0.0530. The maximum Gasteiger partial charge on any atom is 0.573 e. The average Bonchev–Trinajstić information content (AvgIpc) is 2.64. The predicted molar refractivity (Wildman–Crippen MR) is 98.1 cm³/mol. The Hall–Kier alpha value is -3.53. The summed E-state index contributed by atoms with van der Waals surface area (Å²) in [5, 5.41) is 9.15. The molecule has 10 heteroatoms. The molecule has 0 saturated carbocycles. The lowest BCUT2D eigenvalue weighted by molar-refractivity contribution is -0.274. The summed E-state index contributed by atoms with van der Waals surface area (Å²) in [5.74, 6) is -2.01. The highest BCUT2D eigenvalue weighted by molar-refractivity contribution is 5.88. The van der Waals surface area contributed by atoms with Crippen LogP contribution in [0.4, 0.5) is 17.6 Å². The molecule has 2 aromatic carbocycles. The molecule has 1 unspecified atom stereocenters. The lowest BCUT2D eigenvalue weighted by Gasteiger charge is -2.31. The third-order valence-corrected chi connectivity index (χ3v) is 4.10. The van der Waals surface area contributed by atoms with Gasteiger partial charge in [-0.1, -0.05) is 18.2 Å². The molecule has 0 saturated heterocycles. The molecule has 1 aliphatic rings. The third kappa shape index (κ3) is 5.29. The summed E-state index contributed by atoms with van der Waals surface area (Å²) in [4.78, 5) is 12.3. The van der Waals surface area contributed by atoms with Gasteiger partial charge in [0, 0.05) is 12.6 Å². The summed E-state index contributed by atoms with van der Waals surface area (Å²) in [5.41, 5.74) is 6.23. The lowest BCUT2D eigenvalue weighted by atomic mass is 10.1. The SMILES string of the molecule is NC1C(C(=O)O)=CC=C(F)N1Cc1cccc(Oc2cccc(OC(F)(F)F)c2)c1. The van der Waals surface area contributed by atoms with Gasteiger partial charge in [-0.25, -0.2) is 4.79 Å². The van der Waals surface area contributed by atoms with Crippen LogP contribution in [0.15, 0.2) is 72.2 Å².